The molecule has 3 atom stereocenters. The maximum absolute atomic E-state index is 15.6. The van der Waals surface area contributed by atoms with Crippen LogP contribution < -0.4 is 0 Å². The molecule has 2 aromatic rings. The summed E-state index contributed by atoms with van der Waals surface area (Å²) in [6, 6.07) is 16.8. The zero-order valence-electron chi connectivity index (χ0n) is 24.7. The summed E-state index contributed by atoms with van der Waals surface area (Å²) in [4.78, 5) is 0. The molecule has 4 rings (SSSR count). The molecule has 2 heteroatoms. The highest BCUT2D eigenvalue weighted by molar-refractivity contribution is 6.30. The highest BCUT2D eigenvalue weighted by Gasteiger charge is 2.33. The van der Waals surface area contributed by atoms with Gasteiger partial charge in [0.25, 0.3) is 0 Å². The van der Waals surface area contributed by atoms with Gasteiger partial charge in [-0.1, -0.05) is 145 Å². The summed E-state index contributed by atoms with van der Waals surface area (Å²) >= 11 is 6.05. The Morgan fingerprint density at radius 2 is 1.28 bits per heavy atom. The highest BCUT2D eigenvalue weighted by Crippen LogP contribution is 2.42. The minimum Gasteiger partial charge on any atom is -0.247 e. The first-order chi connectivity index (χ1) is 19.1. The summed E-state index contributed by atoms with van der Waals surface area (Å²) in [6.07, 6.45) is 24.0. The molecule has 0 aromatic heterocycles. The number of unbranched alkanes of at least 4 members (excludes halogenated alkanes) is 6. The van der Waals surface area contributed by atoms with Gasteiger partial charge in [-0.3, -0.25) is 0 Å². The number of hydrogen-bond donors (Lipinski definition) is 0. The minimum absolute atomic E-state index is 0.0738. The van der Waals surface area contributed by atoms with Gasteiger partial charge in [0.2, 0.25) is 0 Å². The molecule has 0 radical (unpaired) electrons. The zero-order valence-corrected chi connectivity index (χ0v) is 25.5. The predicted octanol–water partition coefficient (Wildman–Crippen LogP) is 12.1. The van der Waals surface area contributed by atoms with Crippen LogP contribution in [0.1, 0.15) is 139 Å². The Kier molecular flexibility index (Phi) is 13.2. The van der Waals surface area contributed by atoms with Crippen molar-refractivity contribution < 1.29 is 4.39 Å². The van der Waals surface area contributed by atoms with Crippen molar-refractivity contribution in [1.29, 1.82) is 0 Å². The molecule has 0 spiro atoms. The van der Waals surface area contributed by atoms with Gasteiger partial charge in [0.15, 0.2) is 0 Å². The van der Waals surface area contributed by atoms with Gasteiger partial charge in [0.05, 0.1) is 0 Å². The average Bonchev–Trinajstić information content (AvgIpc) is 2.96. The lowest BCUT2D eigenvalue weighted by atomic mass is 9.72. The maximum Gasteiger partial charge on any atom is 0.107 e. The molecule has 0 aliphatic heterocycles. The van der Waals surface area contributed by atoms with Crippen molar-refractivity contribution in [2.24, 2.45) is 17.8 Å². The van der Waals surface area contributed by atoms with Gasteiger partial charge in [-0.2, -0.15) is 0 Å². The number of hydrogen-bond acceptors (Lipinski definition) is 0. The van der Waals surface area contributed by atoms with Crippen molar-refractivity contribution in [1.82, 2.24) is 0 Å². The Bertz CT molecular complexity index is 929. The van der Waals surface area contributed by atoms with E-state index in [9.17, 15) is 0 Å². The van der Waals surface area contributed by atoms with Crippen LogP contribution in [0.25, 0.3) is 0 Å². The van der Waals surface area contributed by atoms with Gasteiger partial charge in [0, 0.05) is 10.9 Å². The van der Waals surface area contributed by atoms with Crippen molar-refractivity contribution in [2.45, 2.75) is 141 Å². The van der Waals surface area contributed by atoms with Crippen LogP contribution in [-0.2, 0) is 12.8 Å². The van der Waals surface area contributed by atoms with E-state index in [1.807, 2.05) is 12.1 Å². The van der Waals surface area contributed by atoms with E-state index < -0.39 is 6.17 Å². The molecular formula is C37H54ClF. The topological polar surface area (TPSA) is 0 Å². The largest absolute Gasteiger partial charge is 0.247 e. The Labute approximate surface area is 244 Å². The molecule has 0 N–H and O–H groups in total. The fraction of sp³-hybridized carbons (Fsp3) is 0.676. The third-order valence-corrected chi connectivity index (χ3v) is 10.3. The average molecular weight is 553 g/mol. The fourth-order valence-electron chi connectivity index (χ4n) is 7.53. The summed E-state index contributed by atoms with van der Waals surface area (Å²) in [6.45, 7) is 2.30. The Hall–Kier alpha value is -1.34. The molecule has 0 heterocycles. The number of alkyl halides is 1. The summed E-state index contributed by atoms with van der Waals surface area (Å²) in [7, 11) is 0. The van der Waals surface area contributed by atoms with E-state index in [1.54, 1.807) is 0 Å². The number of rotatable bonds is 15. The third kappa shape index (κ3) is 10.2. The monoisotopic (exact) mass is 552 g/mol. The zero-order chi connectivity index (χ0) is 27.3. The molecule has 39 heavy (non-hydrogen) atoms. The van der Waals surface area contributed by atoms with Gasteiger partial charge in [-0.25, -0.2) is 4.39 Å². The summed E-state index contributed by atoms with van der Waals surface area (Å²) < 4.78 is 15.6. The lowest BCUT2D eigenvalue weighted by Gasteiger charge is -2.34. The van der Waals surface area contributed by atoms with Gasteiger partial charge < -0.3 is 0 Å². The quantitative estimate of drug-likeness (QED) is 0.193. The molecule has 0 bridgehead atoms. The van der Waals surface area contributed by atoms with Crippen LogP contribution in [0, 0.1) is 17.8 Å². The first kappa shape index (κ1) is 30.6. The van der Waals surface area contributed by atoms with Crippen molar-refractivity contribution >= 4 is 11.6 Å². The predicted molar refractivity (Wildman–Crippen MR) is 168 cm³/mol. The molecule has 0 nitrogen and oxygen atoms in total. The van der Waals surface area contributed by atoms with E-state index in [-0.39, 0.29) is 5.92 Å². The Morgan fingerprint density at radius 1 is 0.667 bits per heavy atom. The first-order valence-corrected chi connectivity index (χ1v) is 17.0. The molecule has 216 valence electrons. The lowest BCUT2D eigenvalue weighted by Crippen LogP contribution is -2.26. The summed E-state index contributed by atoms with van der Waals surface area (Å²) in [5, 5.41) is 0.780. The molecular weight excluding hydrogens is 499 g/mol. The standard InChI is InChI=1S/C37H54ClF/c1-2-3-4-5-6-7-8-11-29-14-16-30(17-15-29)18-19-32-23-27-36(37(39)28-32)35-13-10-9-12-33(35)24-20-31-21-25-34(38)26-22-31/h9-10,12-13,21-22,25-26,29-30,32,36-37H,2-8,11,14-20,23-24,27-28H2,1H3. The highest BCUT2D eigenvalue weighted by atomic mass is 35.5. The second-order valence-electron chi connectivity index (χ2n) is 13.0. The molecule has 0 amide bonds. The molecule has 3 unspecified atom stereocenters. The van der Waals surface area contributed by atoms with Gasteiger partial charge >= 0.3 is 0 Å². The van der Waals surface area contributed by atoms with Gasteiger partial charge in [-0.05, 0) is 78.7 Å². The van der Waals surface area contributed by atoms with Crippen molar-refractivity contribution in [3.05, 3.63) is 70.2 Å². The van der Waals surface area contributed by atoms with Crippen LogP contribution in [0.15, 0.2) is 48.5 Å². The third-order valence-electron chi connectivity index (χ3n) is 10.1. The Morgan fingerprint density at radius 3 is 2.00 bits per heavy atom. The maximum atomic E-state index is 15.6. The molecule has 2 fully saturated rings. The van der Waals surface area contributed by atoms with Gasteiger partial charge in [0.1, 0.15) is 6.17 Å². The first-order valence-electron chi connectivity index (χ1n) is 16.6. The molecule has 2 aliphatic carbocycles. The minimum atomic E-state index is -0.696. The number of aryl methyl sites for hydroxylation is 2. The summed E-state index contributed by atoms with van der Waals surface area (Å²) in [5.41, 5.74) is 3.88. The number of benzene rings is 2. The normalized spacial score (nSPS) is 25.6. The second kappa shape index (κ2) is 16.8. The van der Waals surface area contributed by atoms with Crippen LogP contribution in [0.5, 0.6) is 0 Å². The molecule has 0 saturated heterocycles. The van der Waals surface area contributed by atoms with Crippen molar-refractivity contribution in [3.8, 4) is 0 Å². The Balaban J connectivity index is 1.14. The molecule has 2 saturated carbocycles. The van der Waals surface area contributed by atoms with Crippen LogP contribution in [0.2, 0.25) is 5.02 Å². The number of halogens is 2. The van der Waals surface area contributed by atoms with E-state index in [2.05, 4.69) is 43.3 Å². The van der Waals surface area contributed by atoms with E-state index in [0.717, 1.165) is 42.5 Å². The van der Waals surface area contributed by atoms with Crippen LogP contribution in [-0.4, -0.2) is 6.17 Å². The SMILES string of the molecule is CCCCCCCCCC1CCC(CCC2CCC(c3ccccc3CCc3ccc(Cl)cc3)C(F)C2)CC1. The van der Waals surface area contributed by atoms with Crippen LogP contribution in [0.4, 0.5) is 4.39 Å². The molecule has 2 aromatic carbocycles. The van der Waals surface area contributed by atoms with E-state index in [1.165, 1.54) is 113 Å². The van der Waals surface area contributed by atoms with Gasteiger partial charge in [-0.15, -0.1) is 0 Å². The van der Waals surface area contributed by atoms with E-state index >= 15 is 4.39 Å². The van der Waals surface area contributed by atoms with Crippen molar-refractivity contribution in [3.63, 3.8) is 0 Å². The van der Waals surface area contributed by atoms with E-state index in [4.69, 9.17) is 11.6 Å². The second-order valence-corrected chi connectivity index (χ2v) is 13.4. The lowest BCUT2D eigenvalue weighted by molar-refractivity contribution is 0.152. The van der Waals surface area contributed by atoms with E-state index in [0.29, 0.717) is 5.92 Å². The fourth-order valence-corrected chi connectivity index (χ4v) is 7.66. The summed E-state index contributed by atoms with van der Waals surface area (Å²) in [5.74, 6) is 2.55. The smallest absolute Gasteiger partial charge is 0.107 e. The van der Waals surface area contributed by atoms with Crippen LogP contribution >= 0.6 is 11.6 Å². The molecule has 2 aliphatic rings. The van der Waals surface area contributed by atoms with Crippen molar-refractivity contribution in [2.75, 3.05) is 0 Å². The van der Waals surface area contributed by atoms with Crippen LogP contribution in [0.3, 0.4) is 0 Å².